The van der Waals surface area contributed by atoms with E-state index in [9.17, 15) is 9.59 Å². The molecule has 0 saturated carbocycles. The molecule has 3 aromatic rings. The second-order valence-corrected chi connectivity index (χ2v) is 6.78. The van der Waals surface area contributed by atoms with Crippen LogP contribution in [-0.4, -0.2) is 24.6 Å². The fraction of sp³-hybridized carbons (Fsp3) is 0.125. The summed E-state index contributed by atoms with van der Waals surface area (Å²) in [6.07, 6.45) is 0.985. The molecule has 0 unspecified atom stereocenters. The Morgan fingerprint density at radius 2 is 1.65 bits per heavy atom. The molecule has 0 aliphatic heterocycles. The molecule has 7 nitrogen and oxygen atoms in total. The molecule has 2 amide bonds. The van der Waals surface area contributed by atoms with Gasteiger partial charge in [0.25, 0.3) is 11.8 Å². The summed E-state index contributed by atoms with van der Waals surface area (Å²) in [5.41, 5.74) is 3.24. The van der Waals surface area contributed by atoms with Gasteiger partial charge in [-0.25, -0.2) is 0 Å². The summed E-state index contributed by atoms with van der Waals surface area (Å²) in [7, 11) is 0. The van der Waals surface area contributed by atoms with Crippen molar-refractivity contribution in [2.24, 2.45) is 5.16 Å². The fourth-order valence-electron chi connectivity index (χ4n) is 2.76. The van der Waals surface area contributed by atoms with E-state index in [-0.39, 0.29) is 6.61 Å². The third kappa shape index (κ3) is 6.71. The second-order valence-electron chi connectivity index (χ2n) is 6.78. The van der Waals surface area contributed by atoms with E-state index in [4.69, 9.17) is 9.57 Å². The van der Waals surface area contributed by atoms with Crippen LogP contribution in [0.3, 0.4) is 0 Å². The highest BCUT2D eigenvalue weighted by atomic mass is 16.6. The molecule has 0 aromatic heterocycles. The van der Waals surface area contributed by atoms with Crippen molar-refractivity contribution in [3.63, 3.8) is 0 Å². The monoisotopic (exact) mass is 417 g/mol. The smallest absolute Gasteiger partial charge is 0.270 e. The molecule has 0 radical (unpaired) electrons. The first-order valence-corrected chi connectivity index (χ1v) is 9.66. The van der Waals surface area contributed by atoms with Crippen molar-refractivity contribution < 1.29 is 19.2 Å². The number of oxime groups is 1. The van der Waals surface area contributed by atoms with Crippen molar-refractivity contribution in [2.75, 3.05) is 17.2 Å². The van der Waals surface area contributed by atoms with Crippen molar-refractivity contribution in [2.45, 2.75) is 13.8 Å². The molecule has 158 valence electrons. The first-order chi connectivity index (χ1) is 15.0. The Morgan fingerprint density at radius 3 is 2.42 bits per heavy atom. The molecule has 3 aromatic carbocycles. The summed E-state index contributed by atoms with van der Waals surface area (Å²) >= 11 is 0. The summed E-state index contributed by atoms with van der Waals surface area (Å²) < 4.78 is 5.80. The number of nitrogens with one attached hydrogen (secondary N) is 2. The molecular formula is C24H23N3O4. The normalized spacial score (nSPS) is 10.5. The van der Waals surface area contributed by atoms with Crippen LogP contribution in [0.15, 0.2) is 78.0 Å². The molecule has 0 saturated heterocycles. The number of carbonyl (C=O) groups is 2. The molecule has 31 heavy (non-hydrogen) atoms. The van der Waals surface area contributed by atoms with Crippen LogP contribution >= 0.6 is 0 Å². The lowest BCUT2D eigenvalue weighted by atomic mass is 10.1. The Bertz CT molecular complexity index is 1080. The van der Waals surface area contributed by atoms with Crippen LogP contribution < -0.4 is 15.4 Å². The number of hydrogen-bond donors (Lipinski definition) is 2. The van der Waals surface area contributed by atoms with Crippen molar-refractivity contribution in [3.8, 4) is 11.5 Å². The number of aryl methyl sites for hydroxylation is 2. The zero-order chi connectivity index (χ0) is 22.1. The molecule has 0 aliphatic carbocycles. The summed E-state index contributed by atoms with van der Waals surface area (Å²) in [6, 6.07) is 22.0. The van der Waals surface area contributed by atoms with Gasteiger partial charge >= 0.3 is 0 Å². The van der Waals surface area contributed by atoms with Gasteiger partial charge in [-0.1, -0.05) is 53.2 Å². The van der Waals surface area contributed by atoms with Gasteiger partial charge in [-0.2, -0.15) is 0 Å². The number of para-hydroxylation sites is 3. The Labute approximate surface area is 180 Å². The van der Waals surface area contributed by atoms with Gasteiger partial charge in [0.15, 0.2) is 12.4 Å². The third-order valence-corrected chi connectivity index (χ3v) is 4.21. The van der Waals surface area contributed by atoms with Crippen molar-refractivity contribution >= 4 is 29.4 Å². The van der Waals surface area contributed by atoms with Crippen molar-refractivity contribution in [1.82, 2.24) is 0 Å². The largest absolute Gasteiger partial charge is 0.455 e. The van der Waals surface area contributed by atoms with E-state index in [0.717, 1.165) is 17.3 Å². The highest BCUT2D eigenvalue weighted by Gasteiger charge is 2.09. The minimum absolute atomic E-state index is 0.354. The van der Waals surface area contributed by atoms with Gasteiger partial charge in [0, 0.05) is 5.69 Å². The Balaban J connectivity index is 1.49. The van der Waals surface area contributed by atoms with Crippen LogP contribution in [0.1, 0.15) is 11.1 Å². The molecule has 0 aliphatic rings. The van der Waals surface area contributed by atoms with Gasteiger partial charge in [0.05, 0.1) is 5.69 Å². The van der Waals surface area contributed by atoms with Gasteiger partial charge in [-0.05, 0) is 49.7 Å². The average Bonchev–Trinajstić information content (AvgIpc) is 2.75. The highest BCUT2D eigenvalue weighted by molar-refractivity contribution is 6.31. The maximum Gasteiger partial charge on any atom is 0.270 e. The minimum atomic E-state index is -0.450. The predicted molar refractivity (Wildman–Crippen MR) is 121 cm³/mol. The predicted octanol–water partition coefficient (Wildman–Crippen LogP) is 4.68. The van der Waals surface area contributed by atoms with Crippen molar-refractivity contribution in [1.29, 1.82) is 0 Å². The number of amides is 2. The van der Waals surface area contributed by atoms with Gasteiger partial charge in [0.2, 0.25) is 0 Å². The molecule has 0 fully saturated rings. The lowest BCUT2D eigenvalue weighted by Crippen LogP contribution is -2.18. The number of hydrogen-bond acceptors (Lipinski definition) is 5. The van der Waals surface area contributed by atoms with Gasteiger partial charge in [0.1, 0.15) is 12.0 Å². The first kappa shape index (κ1) is 21.6. The van der Waals surface area contributed by atoms with Gasteiger partial charge < -0.3 is 20.2 Å². The molecule has 3 rings (SSSR count). The number of nitrogens with zero attached hydrogens (tertiary/aromatic N) is 1. The summed E-state index contributed by atoms with van der Waals surface area (Å²) in [6.45, 7) is 3.53. The summed E-state index contributed by atoms with van der Waals surface area (Å²) in [4.78, 5) is 29.0. The first-order valence-electron chi connectivity index (χ1n) is 9.66. The number of rotatable bonds is 8. The van der Waals surface area contributed by atoms with Crippen LogP contribution in [0.25, 0.3) is 0 Å². The van der Waals surface area contributed by atoms with Gasteiger partial charge in [-0.3, -0.25) is 9.59 Å². The Kier molecular flexibility index (Phi) is 7.37. The average molecular weight is 417 g/mol. The van der Waals surface area contributed by atoms with Crippen LogP contribution in [0.4, 0.5) is 11.4 Å². The maximum absolute atomic E-state index is 12.2. The number of anilines is 2. The van der Waals surface area contributed by atoms with E-state index in [0.29, 0.717) is 22.9 Å². The molecular weight excluding hydrogens is 394 g/mol. The minimum Gasteiger partial charge on any atom is -0.455 e. The number of carbonyl (C=O) groups excluding carboxylic acids is 2. The standard InChI is InChI=1S/C24H23N3O4/c1-17-12-13-20(18(2)14-17)26-23(28)15-25-30-16-24(29)27-21-10-6-7-11-22(21)31-19-8-4-3-5-9-19/h3-15H,16H2,1-2H3,(H,26,28)(H,27,29)/b25-15-. The summed E-state index contributed by atoms with van der Waals surface area (Å²) in [5, 5.41) is 8.98. The topological polar surface area (TPSA) is 89.0 Å². The SMILES string of the molecule is Cc1ccc(NC(=O)/C=N\OCC(=O)Nc2ccccc2Oc2ccccc2)c(C)c1. The lowest BCUT2D eigenvalue weighted by molar-refractivity contribution is -0.120. The van der Waals surface area contributed by atoms with Crippen LogP contribution in [0.5, 0.6) is 11.5 Å². The molecule has 0 heterocycles. The Hall–Kier alpha value is -4.13. The Morgan fingerprint density at radius 1 is 0.903 bits per heavy atom. The van der Waals surface area contributed by atoms with E-state index < -0.39 is 11.8 Å². The zero-order valence-corrected chi connectivity index (χ0v) is 17.3. The van der Waals surface area contributed by atoms with E-state index in [1.165, 1.54) is 0 Å². The van der Waals surface area contributed by atoms with E-state index >= 15 is 0 Å². The highest BCUT2D eigenvalue weighted by Crippen LogP contribution is 2.29. The second kappa shape index (κ2) is 10.6. The maximum atomic E-state index is 12.2. The fourth-order valence-corrected chi connectivity index (χ4v) is 2.76. The van der Waals surface area contributed by atoms with E-state index in [2.05, 4.69) is 15.8 Å². The quantitative estimate of drug-likeness (QED) is 0.412. The van der Waals surface area contributed by atoms with Crippen LogP contribution in [0, 0.1) is 13.8 Å². The molecule has 0 bridgehead atoms. The number of benzene rings is 3. The van der Waals surface area contributed by atoms with Crippen molar-refractivity contribution in [3.05, 3.63) is 83.9 Å². The molecule has 2 N–H and O–H groups in total. The van der Waals surface area contributed by atoms with E-state index in [1.807, 2.05) is 68.4 Å². The van der Waals surface area contributed by atoms with Gasteiger partial charge in [-0.15, -0.1) is 0 Å². The lowest BCUT2D eigenvalue weighted by Gasteiger charge is -2.11. The van der Waals surface area contributed by atoms with Crippen LogP contribution in [0.2, 0.25) is 0 Å². The van der Waals surface area contributed by atoms with E-state index in [1.54, 1.807) is 18.2 Å². The summed E-state index contributed by atoms with van der Waals surface area (Å²) in [5.74, 6) is 0.267. The molecule has 0 atom stereocenters. The number of ether oxygens (including phenoxy) is 1. The van der Waals surface area contributed by atoms with Crippen LogP contribution in [-0.2, 0) is 14.4 Å². The molecule has 7 heteroatoms. The molecule has 0 spiro atoms. The zero-order valence-electron chi connectivity index (χ0n) is 17.3. The third-order valence-electron chi connectivity index (χ3n) is 4.21.